The number of likely N-dealkylation sites (N-methyl/N-ethyl adjacent to an activating group) is 1. The first-order valence-electron chi connectivity index (χ1n) is 3.62. The van der Waals surface area contributed by atoms with Crippen molar-refractivity contribution in [3.8, 4) is 0 Å². The number of fused-ring (bicyclic) bond motifs is 1. The summed E-state index contributed by atoms with van der Waals surface area (Å²) in [6.07, 6.45) is 4.92. The lowest BCUT2D eigenvalue weighted by atomic mass is 10.2. The van der Waals surface area contributed by atoms with Crippen molar-refractivity contribution >= 4 is 21.6 Å². The molecule has 2 nitrogen and oxygen atoms in total. The highest BCUT2D eigenvalue weighted by Crippen LogP contribution is 2.32. The van der Waals surface area contributed by atoms with Crippen LogP contribution in [0.2, 0.25) is 0 Å². The average molecular weight is 213 g/mol. The van der Waals surface area contributed by atoms with E-state index in [1.165, 1.54) is 11.3 Å². The first kappa shape index (κ1) is 7.10. The molecule has 1 aromatic heterocycles. The van der Waals surface area contributed by atoms with Crippen LogP contribution in [0.3, 0.4) is 0 Å². The van der Waals surface area contributed by atoms with Gasteiger partial charge in [-0.1, -0.05) is 0 Å². The van der Waals surface area contributed by atoms with E-state index in [9.17, 15) is 0 Å². The van der Waals surface area contributed by atoms with Crippen molar-refractivity contribution in [1.29, 1.82) is 0 Å². The highest BCUT2D eigenvalue weighted by molar-refractivity contribution is 9.10. The number of anilines is 1. The third-order valence-electron chi connectivity index (χ3n) is 2.05. The highest BCUT2D eigenvalue weighted by Gasteiger charge is 2.17. The molecule has 1 aliphatic rings. The molecule has 0 aromatic carbocycles. The van der Waals surface area contributed by atoms with Gasteiger partial charge < -0.3 is 4.90 Å². The van der Waals surface area contributed by atoms with Crippen molar-refractivity contribution in [3.63, 3.8) is 0 Å². The van der Waals surface area contributed by atoms with Crippen LogP contribution >= 0.6 is 15.9 Å². The third kappa shape index (κ3) is 1.03. The van der Waals surface area contributed by atoms with Crippen LogP contribution in [-0.2, 0) is 6.42 Å². The van der Waals surface area contributed by atoms with E-state index in [2.05, 4.69) is 32.9 Å². The van der Waals surface area contributed by atoms with E-state index in [1.807, 2.05) is 12.4 Å². The lowest BCUT2D eigenvalue weighted by Crippen LogP contribution is -2.12. The predicted octanol–water partition coefficient (Wildman–Crippen LogP) is 1.84. The Morgan fingerprint density at radius 3 is 3.09 bits per heavy atom. The molecule has 2 heterocycles. The number of pyridine rings is 1. The summed E-state index contributed by atoms with van der Waals surface area (Å²) in [7, 11) is 2.11. The molecule has 2 rings (SSSR count). The van der Waals surface area contributed by atoms with Crippen LogP contribution in [0.5, 0.6) is 0 Å². The summed E-state index contributed by atoms with van der Waals surface area (Å²) in [6, 6.07) is 0. The highest BCUT2D eigenvalue weighted by atomic mass is 79.9. The summed E-state index contributed by atoms with van der Waals surface area (Å²) in [6.45, 7) is 1.11. The maximum absolute atomic E-state index is 4.12. The lowest BCUT2D eigenvalue weighted by Gasteiger charge is -2.12. The Labute approximate surface area is 74.4 Å². The smallest absolute Gasteiger partial charge is 0.0595 e. The van der Waals surface area contributed by atoms with Gasteiger partial charge in [0.2, 0.25) is 0 Å². The fourth-order valence-corrected chi connectivity index (χ4v) is 2.15. The topological polar surface area (TPSA) is 16.1 Å². The van der Waals surface area contributed by atoms with Crippen LogP contribution in [0.1, 0.15) is 5.56 Å². The van der Waals surface area contributed by atoms with Gasteiger partial charge in [-0.15, -0.1) is 0 Å². The Balaban J connectivity index is 2.58. The molecule has 0 unspecified atom stereocenters. The Kier molecular flexibility index (Phi) is 1.60. The van der Waals surface area contributed by atoms with Crippen LogP contribution in [0.4, 0.5) is 5.69 Å². The molecule has 11 heavy (non-hydrogen) atoms. The number of nitrogens with zero attached hydrogens (tertiary/aromatic N) is 2. The van der Waals surface area contributed by atoms with E-state index < -0.39 is 0 Å². The molecule has 58 valence electrons. The Hall–Kier alpha value is -0.570. The van der Waals surface area contributed by atoms with E-state index in [1.54, 1.807) is 0 Å². The van der Waals surface area contributed by atoms with Crippen molar-refractivity contribution in [2.24, 2.45) is 0 Å². The van der Waals surface area contributed by atoms with E-state index in [-0.39, 0.29) is 0 Å². The Morgan fingerprint density at radius 1 is 1.55 bits per heavy atom. The number of rotatable bonds is 0. The predicted molar refractivity (Wildman–Crippen MR) is 48.9 cm³/mol. The fraction of sp³-hybridized carbons (Fsp3) is 0.375. The van der Waals surface area contributed by atoms with Crippen molar-refractivity contribution in [1.82, 2.24) is 4.98 Å². The van der Waals surface area contributed by atoms with E-state index in [0.717, 1.165) is 17.4 Å². The van der Waals surface area contributed by atoms with Gasteiger partial charge in [0.1, 0.15) is 0 Å². The van der Waals surface area contributed by atoms with Crippen LogP contribution in [-0.4, -0.2) is 18.6 Å². The lowest BCUT2D eigenvalue weighted by molar-refractivity contribution is 0.954. The molecular formula is C8H9BrN2. The molecule has 0 aliphatic carbocycles. The minimum absolute atomic E-state index is 1.11. The molecule has 0 atom stereocenters. The minimum Gasteiger partial charge on any atom is -0.373 e. The van der Waals surface area contributed by atoms with E-state index in [4.69, 9.17) is 0 Å². The van der Waals surface area contributed by atoms with E-state index in [0.29, 0.717) is 0 Å². The van der Waals surface area contributed by atoms with Gasteiger partial charge in [0.25, 0.3) is 0 Å². The van der Waals surface area contributed by atoms with Gasteiger partial charge in [-0.3, -0.25) is 4.98 Å². The zero-order chi connectivity index (χ0) is 7.84. The van der Waals surface area contributed by atoms with Gasteiger partial charge in [0.05, 0.1) is 10.2 Å². The maximum atomic E-state index is 4.12. The maximum Gasteiger partial charge on any atom is 0.0595 e. The molecule has 1 aromatic rings. The number of hydrogen-bond donors (Lipinski definition) is 0. The molecule has 0 bridgehead atoms. The quantitative estimate of drug-likeness (QED) is 0.653. The molecule has 0 fully saturated rings. The molecule has 0 N–H and O–H groups in total. The summed E-state index contributed by atoms with van der Waals surface area (Å²) in [4.78, 5) is 6.37. The Morgan fingerprint density at radius 2 is 2.36 bits per heavy atom. The minimum atomic E-state index is 1.11. The first-order chi connectivity index (χ1) is 5.29. The zero-order valence-corrected chi connectivity index (χ0v) is 7.93. The second-order valence-corrected chi connectivity index (χ2v) is 3.65. The molecule has 1 aliphatic heterocycles. The molecule has 0 radical (unpaired) electrons. The second-order valence-electron chi connectivity index (χ2n) is 2.80. The molecule has 0 saturated carbocycles. The van der Waals surface area contributed by atoms with Crippen molar-refractivity contribution in [3.05, 3.63) is 22.4 Å². The van der Waals surface area contributed by atoms with Crippen LogP contribution in [0, 0.1) is 0 Å². The number of halogens is 1. The summed E-state index contributed by atoms with van der Waals surface area (Å²) in [5, 5.41) is 0. The van der Waals surface area contributed by atoms with Gasteiger partial charge in [0, 0.05) is 26.0 Å². The second kappa shape index (κ2) is 2.48. The summed E-state index contributed by atoms with van der Waals surface area (Å²) >= 11 is 3.48. The monoisotopic (exact) mass is 212 g/mol. The van der Waals surface area contributed by atoms with Gasteiger partial charge in [-0.2, -0.15) is 0 Å². The third-order valence-corrected chi connectivity index (χ3v) is 2.63. The molecular weight excluding hydrogens is 204 g/mol. The molecule has 0 amide bonds. The first-order valence-corrected chi connectivity index (χ1v) is 4.42. The van der Waals surface area contributed by atoms with Crippen molar-refractivity contribution < 1.29 is 0 Å². The molecule has 3 heteroatoms. The summed E-state index contributed by atoms with van der Waals surface area (Å²) in [5.41, 5.74) is 2.65. The summed E-state index contributed by atoms with van der Waals surface area (Å²) in [5.74, 6) is 0. The summed E-state index contributed by atoms with van der Waals surface area (Å²) < 4.78 is 1.11. The van der Waals surface area contributed by atoms with Crippen LogP contribution in [0.25, 0.3) is 0 Å². The van der Waals surface area contributed by atoms with Gasteiger partial charge in [-0.25, -0.2) is 0 Å². The average Bonchev–Trinajstić information content (AvgIpc) is 2.34. The normalized spacial score (nSPS) is 15.3. The zero-order valence-electron chi connectivity index (χ0n) is 6.34. The molecule has 0 saturated heterocycles. The van der Waals surface area contributed by atoms with E-state index >= 15 is 0 Å². The van der Waals surface area contributed by atoms with Gasteiger partial charge in [0.15, 0.2) is 0 Å². The standard InChI is InChI=1S/C8H9BrN2/c1-11-3-2-6-4-10-5-7(9)8(6)11/h4-5H,2-3H2,1H3. The Bertz CT molecular complexity index is 285. The molecule has 0 spiro atoms. The van der Waals surface area contributed by atoms with Gasteiger partial charge in [-0.05, 0) is 27.9 Å². The SMILES string of the molecule is CN1CCc2cncc(Br)c21. The van der Waals surface area contributed by atoms with Crippen molar-refractivity contribution in [2.75, 3.05) is 18.5 Å². The number of aromatic nitrogens is 1. The number of hydrogen-bond acceptors (Lipinski definition) is 2. The van der Waals surface area contributed by atoms with Crippen LogP contribution < -0.4 is 4.90 Å². The van der Waals surface area contributed by atoms with Gasteiger partial charge >= 0.3 is 0 Å². The van der Waals surface area contributed by atoms with Crippen molar-refractivity contribution in [2.45, 2.75) is 6.42 Å². The van der Waals surface area contributed by atoms with Crippen LogP contribution in [0.15, 0.2) is 16.9 Å². The largest absolute Gasteiger partial charge is 0.373 e. The fourth-order valence-electron chi connectivity index (χ4n) is 1.48.